The number of rotatable bonds is 8. The minimum atomic E-state index is -0.264. The number of carbonyl (C=O) groups is 3. The standard InChI is InChI=1S/C24H27N3O4/c28-22(11-6-12-27-23(29)20-9-4-5-10-21(20)24(27)30)26-15-13-25(14-16-26)17-18-31-19-7-2-1-3-8-19/h1-5,7-10H,6,11-18H2. The van der Waals surface area contributed by atoms with Gasteiger partial charge in [-0.3, -0.25) is 24.2 Å². The van der Waals surface area contributed by atoms with Crippen molar-refractivity contribution in [3.8, 4) is 5.75 Å². The number of imide groups is 1. The van der Waals surface area contributed by atoms with Crippen molar-refractivity contribution in [1.82, 2.24) is 14.7 Å². The largest absolute Gasteiger partial charge is 0.492 e. The number of ether oxygens (including phenoxy) is 1. The van der Waals surface area contributed by atoms with Crippen molar-refractivity contribution < 1.29 is 19.1 Å². The van der Waals surface area contributed by atoms with Crippen LogP contribution in [0, 0.1) is 0 Å². The molecule has 7 nitrogen and oxygen atoms in total. The lowest BCUT2D eigenvalue weighted by Crippen LogP contribution is -2.49. The van der Waals surface area contributed by atoms with Gasteiger partial charge in [0.15, 0.2) is 0 Å². The molecule has 0 aromatic heterocycles. The number of carbonyl (C=O) groups excluding carboxylic acids is 3. The third-order valence-corrected chi connectivity index (χ3v) is 5.79. The van der Waals surface area contributed by atoms with Crippen LogP contribution in [-0.4, -0.2) is 78.3 Å². The molecule has 3 amide bonds. The van der Waals surface area contributed by atoms with Crippen molar-refractivity contribution in [3.05, 3.63) is 65.7 Å². The molecule has 0 bridgehead atoms. The average Bonchev–Trinajstić information content (AvgIpc) is 3.05. The van der Waals surface area contributed by atoms with Crippen LogP contribution < -0.4 is 4.74 Å². The van der Waals surface area contributed by atoms with Gasteiger partial charge in [-0.05, 0) is 30.7 Å². The highest BCUT2D eigenvalue weighted by atomic mass is 16.5. The van der Waals surface area contributed by atoms with Crippen molar-refractivity contribution in [2.75, 3.05) is 45.9 Å². The third kappa shape index (κ3) is 4.94. The SMILES string of the molecule is O=C(CCCN1C(=O)c2ccccc2C1=O)N1CCN(CCOc2ccccc2)CC1. The maximum absolute atomic E-state index is 12.6. The monoisotopic (exact) mass is 421 g/mol. The van der Waals surface area contributed by atoms with Crippen molar-refractivity contribution >= 4 is 17.7 Å². The van der Waals surface area contributed by atoms with Crippen LogP contribution in [0.4, 0.5) is 0 Å². The number of amides is 3. The van der Waals surface area contributed by atoms with Crippen LogP contribution in [0.2, 0.25) is 0 Å². The minimum Gasteiger partial charge on any atom is -0.492 e. The Labute approximate surface area is 182 Å². The Morgan fingerprint density at radius 3 is 2.06 bits per heavy atom. The van der Waals surface area contributed by atoms with Crippen molar-refractivity contribution in [1.29, 1.82) is 0 Å². The number of piperazine rings is 1. The molecular weight excluding hydrogens is 394 g/mol. The first kappa shape index (κ1) is 21.1. The van der Waals surface area contributed by atoms with Crippen LogP contribution in [0.15, 0.2) is 54.6 Å². The summed E-state index contributed by atoms with van der Waals surface area (Å²) in [6, 6.07) is 16.6. The number of hydrogen-bond acceptors (Lipinski definition) is 5. The van der Waals surface area contributed by atoms with Gasteiger partial charge in [0.05, 0.1) is 11.1 Å². The van der Waals surface area contributed by atoms with E-state index in [1.165, 1.54) is 4.90 Å². The van der Waals surface area contributed by atoms with Gasteiger partial charge in [-0.15, -0.1) is 0 Å². The number of hydrogen-bond donors (Lipinski definition) is 0. The van der Waals surface area contributed by atoms with Gasteiger partial charge >= 0.3 is 0 Å². The Bertz CT molecular complexity index is 904. The van der Waals surface area contributed by atoms with E-state index in [0.717, 1.165) is 25.4 Å². The Hall–Kier alpha value is -3.19. The fourth-order valence-corrected chi connectivity index (χ4v) is 4.02. The molecule has 2 aliphatic rings. The zero-order chi connectivity index (χ0) is 21.6. The van der Waals surface area contributed by atoms with E-state index in [9.17, 15) is 14.4 Å². The summed E-state index contributed by atoms with van der Waals surface area (Å²) in [5, 5.41) is 0. The summed E-state index contributed by atoms with van der Waals surface area (Å²) in [5.74, 6) is 0.421. The summed E-state index contributed by atoms with van der Waals surface area (Å²) in [5.41, 5.74) is 0.900. The highest BCUT2D eigenvalue weighted by Crippen LogP contribution is 2.22. The lowest BCUT2D eigenvalue weighted by atomic mass is 10.1. The molecule has 0 aliphatic carbocycles. The molecule has 0 saturated carbocycles. The minimum absolute atomic E-state index is 0.0804. The molecule has 0 N–H and O–H groups in total. The molecule has 31 heavy (non-hydrogen) atoms. The molecule has 1 fully saturated rings. The highest BCUT2D eigenvalue weighted by molar-refractivity contribution is 6.21. The van der Waals surface area contributed by atoms with Crippen LogP contribution in [0.1, 0.15) is 33.6 Å². The summed E-state index contributed by atoms with van der Waals surface area (Å²) in [6.45, 7) is 4.75. The lowest BCUT2D eigenvalue weighted by Gasteiger charge is -2.34. The number of nitrogens with zero attached hydrogens (tertiary/aromatic N) is 3. The quantitative estimate of drug-likeness (QED) is 0.612. The van der Waals surface area contributed by atoms with E-state index >= 15 is 0 Å². The Balaban J connectivity index is 1.15. The second-order valence-corrected chi connectivity index (χ2v) is 7.80. The zero-order valence-corrected chi connectivity index (χ0v) is 17.5. The summed E-state index contributed by atoms with van der Waals surface area (Å²) in [4.78, 5) is 42.8. The Kier molecular flexibility index (Phi) is 6.62. The predicted molar refractivity (Wildman–Crippen MR) is 116 cm³/mol. The Morgan fingerprint density at radius 1 is 0.806 bits per heavy atom. The topological polar surface area (TPSA) is 70.2 Å². The summed E-state index contributed by atoms with van der Waals surface area (Å²) < 4.78 is 5.74. The molecule has 4 rings (SSSR count). The molecule has 2 aromatic rings. The van der Waals surface area contributed by atoms with Gasteiger partial charge in [-0.25, -0.2) is 0 Å². The van der Waals surface area contributed by atoms with E-state index < -0.39 is 0 Å². The second kappa shape index (κ2) is 9.75. The average molecular weight is 421 g/mol. The van der Waals surface area contributed by atoms with E-state index in [2.05, 4.69) is 4.90 Å². The summed E-state index contributed by atoms with van der Waals surface area (Å²) >= 11 is 0. The Morgan fingerprint density at radius 2 is 1.42 bits per heavy atom. The first-order chi connectivity index (χ1) is 15.1. The van der Waals surface area contributed by atoms with Gasteiger partial charge in [0, 0.05) is 45.7 Å². The molecular formula is C24H27N3O4. The molecule has 2 heterocycles. The number of para-hydroxylation sites is 1. The number of benzene rings is 2. The van der Waals surface area contributed by atoms with Crippen molar-refractivity contribution in [2.24, 2.45) is 0 Å². The first-order valence-corrected chi connectivity index (χ1v) is 10.8. The van der Waals surface area contributed by atoms with Gasteiger partial charge < -0.3 is 9.64 Å². The van der Waals surface area contributed by atoms with Gasteiger partial charge in [0.25, 0.3) is 11.8 Å². The molecule has 1 saturated heterocycles. The molecule has 0 unspecified atom stereocenters. The predicted octanol–water partition coefficient (Wildman–Crippen LogP) is 2.29. The smallest absolute Gasteiger partial charge is 0.261 e. The highest BCUT2D eigenvalue weighted by Gasteiger charge is 2.34. The lowest BCUT2D eigenvalue weighted by molar-refractivity contribution is -0.133. The van der Waals surface area contributed by atoms with E-state index in [-0.39, 0.29) is 24.3 Å². The third-order valence-electron chi connectivity index (χ3n) is 5.79. The summed E-state index contributed by atoms with van der Waals surface area (Å²) in [6.07, 6.45) is 0.819. The normalized spacial score (nSPS) is 16.5. The van der Waals surface area contributed by atoms with Crippen molar-refractivity contribution in [2.45, 2.75) is 12.8 Å². The molecule has 0 radical (unpaired) electrons. The number of fused-ring (bicyclic) bond motifs is 1. The van der Waals surface area contributed by atoms with Crippen LogP contribution in [0.25, 0.3) is 0 Å². The van der Waals surface area contributed by atoms with Crippen LogP contribution in [0.3, 0.4) is 0 Å². The van der Waals surface area contributed by atoms with Crippen molar-refractivity contribution in [3.63, 3.8) is 0 Å². The van der Waals surface area contributed by atoms with E-state index in [4.69, 9.17) is 4.74 Å². The van der Waals surface area contributed by atoms with Gasteiger partial charge in [0.1, 0.15) is 12.4 Å². The van der Waals surface area contributed by atoms with E-state index in [0.29, 0.717) is 43.7 Å². The van der Waals surface area contributed by atoms with Gasteiger partial charge in [-0.1, -0.05) is 30.3 Å². The molecule has 2 aromatic carbocycles. The second-order valence-electron chi connectivity index (χ2n) is 7.80. The van der Waals surface area contributed by atoms with Crippen LogP contribution >= 0.6 is 0 Å². The van der Waals surface area contributed by atoms with E-state index in [1.54, 1.807) is 24.3 Å². The maximum atomic E-state index is 12.6. The van der Waals surface area contributed by atoms with Gasteiger partial charge in [-0.2, -0.15) is 0 Å². The van der Waals surface area contributed by atoms with Crippen LogP contribution in [0.5, 0.6) is 5.75 Å². The molecule has 162 valence electrons. The fraction of sp³-hybridized carbons (Fsp3) is 0.375. The van der Waals surface area contributed by atoms with Gasteiger partial charge in [0.2, 0.25) is 5.91 Å². The first-order valence-electron chi connectivity index (χ1n) is 10.8. The molecule has 2 aliphatic heterocycles. The van der Waals surface area contributed by atoms with E-state index in [1.807, 2.05) is 35.2 Å². The molecule has 0 atom stereocenters. The maximum Gasteiger partial charge on any atom is 0.261 e. The zero-order valence-electron chi connectivity index (χ0n) is 17.5. The van der Waals surface area contributed by atoms with Crippen LogP contribution in [-0.2, 0) is 4.79 Å². The summed E-state index contributed by atoms with van der Waals surface area (Å²) in [7, 11) is 0. The fourth-order valence-electron chi connectivity index (χ4n) is 4.02. The molecule has 0 spiro atoms. The molecule has 7 heteroatoms.